The van der Waals surface area contributed by atoms with Crippen LogP contribution in [0.15, 0.2) is 0 Å². The van der Waals surface area contributed by atoms with E-state index in [4.69, 9.17) is 4.74 Å². The van der Waals surface area contributed by atoms with E-state index in [1.165, 1.54) is 0 Å². The average Bonchev–Trinajstić information content (AvgIpc) is 2.22. The molecule has 0 atom stereocenters. The van der Waals surface area contributed by atoms with Gasteiger partial charge in [-0.05, 0) is 6.42 Å². The van der Waals surface area contributed by atoms with E-state index in [0.29, 0.717) is 13.2 Å². The average molecular weight is 216 g/mol. The van der Waals surface area contributed by atoms with Gasteiger partial charge in [-0.3, -0.25) is 4.79 Å². The van der Waals surface area contributed by atoms with Crippen molar-refractivity contribution in [1.29, 1.82) is 0 Å². The molecule has 0 radical (unpaired) electrons. The number of nitrogens with one attached hydrogen (secondary N) is 2. The number of ether oxygens (including phenoxy) is 1. The van der Waals surface area contributed by atoms with Gasteiger partial charge in [0.1, 0.15) is 0 Å². The largest absolute Gasteiger partial charge is 0.383 e. The van der Waals surface area contributed by atoms with Crippen LogP contribution < -0.4 is 10.6 Å². The van der Waals surface area contributed by atoms with Gasteiger partial charge >= 0.3 is 0 Å². The Morgan fingerprint density at radius 1 is 1.27 bits per heavy atom. The molecule has 0 aromatic carbocycles. The second-order valence-electron chi connectivity index (χ2n) is 4.24. The molecule has 0 aliphatic heterocycles. The van der Waals surface area contributed by atoms with E-state index in [-0.39, 0.29) is 11.3 Å². The van der Waals surface area contributed by atoms with E-state index in [2.05, 4.69) is 10.6 Å². The lowest BCUT2D eigenvalue weighted by molar-refractivity contribution is -0.129. The van der Waals surface area contributed by atoms with Crippen LogP contribution in [0.2, 0.25) is 0 Å². The predicted molar refractivity (Wildman–Crippen MR) is 61.8 cm³/mol. The Hall–Kier alpha value is -0.610. The van der Waals surface area contributed by atoms with Crippen LogP contribution in [0.4, 0.5) is 0 Å². The lowest BCUT2D eigenvalue weighted by Gasteiger charge is -2.21. The molecule has 0 saturated heterocycles. The molecular weight excluding hydrogens is 192 g/mol. The molecule has 2 N–H and O–H groups in total. The Morgan fingerprint density at radius 3 is 2.47 bits per heavy atom. The van der Waals surface area contributed by atoms with Crippen LogP contribution >= 0.6 is 0 Å². The van der Waals surface area contributed by atoms with Crippen molar-refractivity contribution in [3.05, 3.63) is 0 Å². The quantitative estimate of drug-likeness (QED) is 0.589. The minimum absolute atomic E-state index is 0.124. The Kier molecular flexibility index (Phi) is 7.34. The monoisotopic (exact) mass is 216 g/mol. The summed E-state index contributed by atoms with van der Waals surface area (Å²) in [5, 5.41) is 6.08. The Labute approximate surface area is 92.8 Å². The molecule has 0 saturated carbocycles. The molecule has 1 amide bonds. The van der Waals surface area contributed by atoms with E-state index in [0.717, 1.165) is 19.5 Å². The van der Waals surface area contributed by atoms with Crippen LogP contribution in [0.1, 0.15) is 27.2 Å². The first-order valence-electron chi connectivity index (χ1n) is 5.52. The molecule has 0 aliphatic carbocycles. The van der Waals surface area contributed by atoms with Crippen molar-refractivity contribution in [1.82, 2.24) is 10.6 Å². The summed E-state index contributed by atoms with van der Waals surface area (Å²) < 4.78 is 4.89. The molecule has 0 unspecified atom stereocenters. The zero-order valence-electron chi connectivity index (χ0n) is 10.4. The van der Waals surface area contributed by atoms with Gasteiger partial charge < -0.3 is 15.4 Å². The molecule has 15 heavy (non-hydrogen) atoms. The summed E-state index contributed by atoms with van der Waals surface area (Å²) >= 11 is 0. The number of carbonyl (C=O) groups excluding carboxylic acids is 1. The maximum absolute atomic E-state index is 11.6. The van der Waals surface area contributed by atoms with Crippen molar-refractivity contribution in [2.45, 2.75) is 27.2 Å². The van der Waals surface area contributed by atoms with Crippen LogP contribution in [0.25, 0.3) is 0 Å². The first-order chi connectivity index (χ1) is 7.04. The molecule has 0 fully saturated rings. The molecule has 0 aliphatic rings. The zero-order chi connectivity index (χ0) is 11.7. The highest BCUT2D eigenvalue weighted by Gasteiger charge is 2.24. The smallest absolute Gasteiger partial charge is 0.225 e. The first kappa shape index (κ1) is 14.4. The van der Waals surface area contributed by atoms with Crippen LogP contribution in [0.3, 0.4) is 0 Å². The lowest BCUT2D eigenvalue weighted by Crippen LogP contribution is -2.40. The number of methoxy groups -OCH3 is 1. The summed E-state index contributed by atoms with van der Waals surface area (Å²) in [6, 6.07) is 0. The predicted octanol–water partition coefficient (Wildman–Crippen LogP) is 0.775. The van der Waals surface area contributed by atoms with Gasteiger partial charge in [-0.2, -0.15) is 0 Å². The second-order valence-corrected chi connectivity index (χ2v) is 4.24. The van der Waals surface area contributed by atoms with Gasteiger partial charge in [-0.1, -0.05) is 20.8 Å². The van der Waals surface area contributed by atoms with Gasteiger partial charge in [0.15, 0.2) is 0 Å². The topological polar surface area (TPSA) is 50.4 Å². The van der Waals surface area contributed by atoms with Crippen molar-refractivity contribution >= 4 is 5.91 Å². The molecule has 4 nitrogen and oxygen atoms in total. The molecule has 0 spiro atoms. The summed E-state index contributed by atoms with van der Waals surface area (Å²) in [6.07, 6.45) is 0.857. The van der Waals surface area contributed by atoms with Gasteiger partial charge in [0.25, 0.3) is 0 Å². The van der Waals surface area contributed by atoms with Crippen LogP contribution in [-0.2, 0) is 9.53 Å². The Morgan fingerprint density at radius 2 is 1.93 bits per heavy atom. The fourth-order valence-corrected chi connectivity index (χ4v) is 0.963. The third kappa shape index (κ3) is 6.47. The number of hydrogen-bond donors (Lipinski definition) is 2. The summed E-state index contributed by atoms with van der Waals surface area (Å²) in [7, 11) is 1.67. The maximum Gasteiger partial charge on any atom is 0.225 e. The fraction of sp³-hybridized carbons (Fsp3) is 0.909. The minimum Gasteiger partial charge on any atom is -0.383 e. The highest BCUT2D eigenvalue weighted by molar-refractivity contribution is 5.81. The standard InChI is InChI=1S/C11H24N2O2/c1-5-11(2,3)10(14)13-7-6-12-8-9-15-4/h12H,5-9H2,1-4H3,(H,13,14). The molecular formula is C11H24N2O2. The Bertz CT molecular complexity index is 181. The van der Waals surface area contributed by atoms with E-state index in [9.17, 15) is 4.79 Å². The molecule has 0 bridgehead atoms. The summed E-state index contributed by atoms with van der Waals surface area (Å²) in [5.41, 5.74) is -0.257. The van der Waals surface area contributed by atoms with Crippen molar-refractivity contribution in [2.75, 3.05) is 33.4 Å². The fourth-order valence-electron chi connectivity index (χ4n) is 0.963. The minimum atomic E-state index is -0.257. The van der Waals surface area contributed by atoms with Crippen LogP contribution in [0.5, 0.6) is 0 Å². The SMILES string of the molecule is CCC(C)(C)C(=O)NCCNCCOC. The van der Waals surface area contributed by atoms with E-state index < -0.39 is 0 Å². The molecule has 4 heteroatoms. The first-order valence-corrected chi connectivity index (χ1v) is 5.52. The lowest BCUT2D eigenvalue weighted by atomic mass is 9.89. The van der Waals surface area contributed by atoms with Crippen LogP contribution in [-0.4, -0.2) is 39.3 Å². The number of rotatable bonds is 8. The molecule has 0 aromatic rings. The van der Waals surface area contributed by atoms with E-state index >= 15 is 0 Å². The third-order valence-electron chi connectivity index (χ3n) is 2.57. The summed E-state index contributed by atoms with van der Waals surface area (Å²) in [6.45, 7) is 8.93. The summed E-state index contributed by atoms with van der Waals surface area (Å²) in [5.74, 6) is 0.124. The van der Waals surface area contributed by atoms with E-state index in [1.54, 1.807) is 7.11 Å². The van der Waals surface area contributed by atoms with Crippen molar-refractivity contribution < 1.29 is 9.53 Å². The van der Waals surface area contributed by atoms with Gasteiger partial charge in [0.05, 0.1) is 6.61 Å². The van der Waals surface area contributed by atoms with Crippen molar-refractivity contribution in [2.24, 2.45) is 5.41 Å². The number of hydrogen-bond acceptors (Lipinski definition) is 3. The Balaban J connectivity index is 3.47. The van der Waals surface area contributed by atoms with E-state index in [1.807, 2.05) is 20.8 Å². The van der Waals surface area contributed by atoms with Gasteiger partial charge in [-0.25, -0.2) is 0 Å². The van der Waals surface area contributed by atoms with Crippen LogP contribution in [0, 0.1) is 5.41 Å². The molecule has 0 heterocycles. The highest BCUT2D eigenvalue weighted by Crippen LogP contribution is 2.18. The maximum atomic E-state index is 11.6. The van der Waals surface area contributed by atoms with Crippen molar-refractivity contribution in [3.8, 4) is 0 Å². The van der Waals surface area contributed by atoms with Gasteiger partial charge in [0.2, 0.25) is 5.91 Å². The third-order valence-corrected chi connectivity index (χ3v) is 2.57. The normalized spacial score (nSPS) is 11.5. The second kappa shape index (κ2) is 7.65. The molecule has 0 aromatic heterocycles. The number of amides is 1. The van der Waals surface area contributed by atoms with Crippen molar-refractivity contribution in [3.63, 3.8) is 0 Å². The summed E-state index contributed by atoms with van der Waals surface area (Å²) in [4.78, 5) is 11.6. The zero-order valence-corrected chi connectivity index (χ0v) is 10.4. The molecule has 0 rings (SSSR count). The van der Waals surface area contributed by atoms with Gasteiger partial charge in [0, 0.05) is 32.2 Å². The number of carbonyl (C=O) groups is 1. The highest BCUT2D eigenvalue weighted by atomic mass is 16.5. The molecule has 90 valence electrons. The van der Waals surface area contributed by atoms with Gasteiger partial charge in [-0.15, -0.1) is 0 Å².